The number of carbonyl (C=O) groups is 1. The molecule has 290 valence electrons. The molecule has 4 aromatic heterocycles. The molecular formula is C43H43FN10O3. The molecule has 6 heterocycles. The maximum Gasteiger partial charge on any atom is 0.277 e. The maximum atomic E-state index is 14.4. The van der Waals surface area contributed by atoms with Crippen molar-refractivity contribution in [3.8, 4) is 17.1 Å². The van der Waals surface area contributed by atoms with E-state index in [2.05, 4.69) is 78.7 Å². The van der Waals surface area contributed by atoms with Crippen LogP contribution in [0.2, 0.25) is 0 Å². The minimum atomic E-state index is -1.15. The molecule has 1 atom stereocenters. The predicted octanol–water partition coefficient (Wildman–Crippen LogP) is 5.94. The smallest absolute Gasteiger partial charge is 0.277 e. The molecule has 1 unspecified atom stereocenters. The summed E-state index contributed by atoms with van der Waals surface area (Å²) in [4.78, 5) is 47.7. The summed E-state index contributed by atoms with van der Waals surface area (Å²) >= 11 is 0. The highest BCUT2D eigenvalue weighted by molar-refractivity contribution is 6.10. The zero-order valence-electron chi connectivity index (χ0n) is 32.2. The van der Waals surface area contributed by atoms with E-state index >= 15 is 0 Å². The lowest BCUT2D eigenvalue weighted by Crippen LogP contribution is -2.47. The number of amides is 1. The number of hydrogen-bond donors (Lipinski definition) is 4. The van der Waals surface area contributed by atoms with Gasteiger partial charge in [-0.1, -0.05) is 30.3 Å². The van der Waals surface area contributed by atoms with Crippen molar-refractivity contribution in [2.24, 2.45) is 7.05 Å². The van der Waals surface area contributed by atoms with Crippen LogP contribution >= 0.6 is 0 Å². The Kier molecular flexibility index (Phi) is 8.89. The lowest BCUT2D eigenvalue weighted by molar-refractivity contribution is 0.0737. The van der Waals surface area contributed by atoms with Crippen LogP contribution in [0, 0.1) is 5.82 Å². The van der Waals surface area contributed by atoms with E-state index < -0.39 is 11.4 Å². The third-order valence-corrected chi connectivity index (χ3v) is 11.3. The number of nitrogens with zero attached hydrogens (tertiary/aromatic N) is 7. The van der Waals surface area contributed by atoms with E-state index in [1.165, 1.54) is 28.6 Å². The molecule has 57 heavy (non-hydrogen) atoms. The van der Waals surface area contributed by atoms with E-state index in [0.29, 0.717) is 52.5 Å². The molecule has 0 saturated carbocycles. The Balaban J connectivity index is 0.856. The lowest BCUT2D eigenvalue weighted by Gasteiger charge is -2.39. The summed E-state index contributed by atoms with van der Waals surface area (Å²) in [6, 6.07) is 25.1. The Morgan fingerprint density at radius 1 is 0.947 bits per heavy atom. The molecule has 1 amide bonds. The van der Waals surface area contributed by atoms with E-state index in [4.69, 9.17) is 4.98 Å². The number of aliphatic hydroxyl groups is 1. The third-order valence-electron chi connectivity index (χ3n) is 11.3. The minimum absolute atomic E-state index is 0.221. The van der Waals surface area contributed by atoms with Gasteiger partial charge in [0.25, 0.3) is 11.5 Å². The summed E-state index contributed by atoms with van der Waals surface area (Å²) < 4.78 is 17.5. The fourth-order valence-electron chi connectivity index (χ4n) is 8.13. The predicted molar refractivity (Wildman–Crippen MR) is 219 cm³/mol. The highest BCUT2D eigenvalue weighted by Gasteiger charge is 2.26. The Morgan fingerprint density at radius 2 is 1.70 bits per heavy atom. The SMILES string of the molecule is CC(c1ccc(-c2[nH]c3cc(F)cc4c3c2CCNC4=O)cc1)N1CCN(c2ccc(Nc3ncc4c(=O)n(C)n(-c5cccc(C(C)(C)O)n5)c4n3)cc2)CC1. The standard InChI is InChI=1S/C43H43FN10O3/c1-25(26-8-10-27(11-9-26)38-31-16-17-45-40(55)32-22-28(44)23-34(48-38)37(31)32)52-18-20-53(21-19-52)30-14-12-29(13-15-30)47-42-46-24-33-39(50-42)54(51(4)41(33)56)36-7-5-6-35(49-36)43(2,3)57/h5-15,22-25,48,57H,16-21H2,1-4H3,(H,45,55)(H,46,47,50). The normalized spacial score (nSPS) is 15.5. The first-order valence-corrected chi connectivity index (χ1v) is 19.2. The first-order chi connectivity index (χ1) is 27.4. The molecule has 4 N–H and O–H groups in total. The molecule has 2 aliphatic heterocycles. The van der Waals surface area contributed by atoms with Crippen LogP contribution in [-0.2, 0) is 19.1 Å². The number of nitrogens with one attached hydrogen (secondary N) is 3. The third kappa shape index (κ3) is 6.60. The molecule has 2 aliphatic rings. The van der Waals surface area contributed by atoms with Crippen LogP contribution < -0.4 is 21.1 Å². The highest BCUT2D eigenvalue weighted by Crippen LogP contribution is 2.36. The van der Waals surface area contributed by atoms with Crippen molar-refractivity contribution in [1.29, 1.82) is 0 Å². The van der Waals surface area contributed by atoms with Gasteiger partial charge in [-0.2, -0.15) is 4.98 Å². The number of anilines is 3. The van der Waals surface area contributed by atoms with Crippen LogP contribution in [0.4, 0.5) is 21.7 Å². The zero-order valence-corrected chi connectivity index (χ0v) is 32.2. The second-order valence-electron chi connectivity index (χ2n) is 15.4. The van der Waals surface area contributed by atoms with Gasteiger partial charge in [0, 0.05) is 80.0 Å². The van der Waals surface area contributed by atoms with Crippen molar-refractivity contribution in [3.05, 3.63) is 124 Å². The van der Waals surface area contributed by atoms with Gasteiger partial charge in [-0.15, -0.1) is 0 Å². The number of rotatable bonds is 8. The van der Waals surface area contributed by atoms with Gasteiger partial charge in [-0.3, -0.25) is 14.5 Å². The number of hydrogen-bond acceptors (Lipinski definition) is 9. The fraction of sp³-hybridized carbons (Fsp3) is 0.279. The Morgan fingerprint density at radius 3 is 2.44 bits per heavy atom. The molecule has 0 radical (unpaired) electrons. The summed E-state index contributed by atoms with van der Waals surface area (Å²) in [6.07, 6.45) is 2.19. The quantitative estimate of drug-likeness (QED) is 0.148. The first kappa shape index (κ1) is 36.3. The van der Waals surface area contributed by atoms with Crippen molar-refractivity contribution in [2.75, 3.05) is 42.9 Å². The second-order valence-corrected chi connectivity index (χ2v) is 15.4. The van der Waals surface area contributed by atoms with Crippen molar-refractivity contribution in [2.45, 2.75) is 38.8 Å². The molecule has 0 aliphatic carbocycles. The second kappa shape index (κ2) is 14.0. The summed E-state index contributed by atoms with van der Waals surface area (Å²) in [5.74, 6) is 0.132. The average molecular weight is 767 g/mol. The van der Waals surface area contributed by atoms with Crippen LogP contribution in [0.5, 0.6) is 0 Å². The number of piperazine rings is 1. The van der Waals surface area contributed by atoms with Crippen molar-refractivity contribution in [1.82, 2.24) is 39.5 Å². The van der Waals surface area contributed by atoms with Crippen LogP contribution in [0.15, 0.2) is 89.9 Å². The van der Waals surface area contributed by atoms with Gasteiger partial charge in [0.2, 0.25) is 5.95 Å². The van der Waals surface area contributed by atoms with Gasteiger partial charge in [-0.05, 0) is 92.4 Å². The number of halogens is 1. The summed E-state index contributed by atoms with van der Waals surface area (Å²) in [6.45, 7) is 9.66. The number of pyridine rings is 1. The minimum Gasteiger partial charge on any atom is -0.384 e. The molecular weight excluding hydrogens is 724 g/mol. The van der Waals surface area contributed by atoms with E-state index in [0.717, 1.165) is 59.8 Å². The van der Waals surface area contributed by atoms with Gasteiger partial charge in [0.1, 0.15) is 16.8 Å². The molecule has 7 aromatic rings. The molecule has 1 saturated heterocycles. The topological polar surface area (TPSA) is 149 Å². The van der Waals surface area contributed by atoms with Gasteiger partial charge < -0.3 is 25.6 Å². The fourth-order valence-corrected chi connectivity index (χ4v) is 8.13. The number of aromatic nitrogens is 6. The van der Waals surface area contributed by atoms with Crippen molar-refractivity contribution < 1.29 is 14.3 Å². The Bertz CT molecular complexity index is 2720. The van der Waals surface area contributed by atoms with E-state index in [1.807, 2.05) is 12.1 Å². The van der Waals surface area contributed by atoms with Gasteiger partial charge >= 0.3 is 0 Å². The largest absolute Gasteiger partial charge is 0.384 e. The van der Waals surface area contributed by atoms with Gasteiger partial charge in [0.15, 0.2) is 11.5 Å². The van der Waals surface area contributed by atoms with Crippen LogP contribution in [-0.4, -0.2) is 77.9 Å². The Labute approximate surface area is 327 Å². The molecule has 0 spiro atoms. The number of aromatic amines is 1. The number of H-pyrrole nitrogens is 1. The van der Waals surface area contributed by atoms with Gasteiger partial charge in [-0.25, -0.2) is 23.7 Å². The van der Waals surface area contributed by atoms with E-state index in [9.17, 15) is 19.1 Å². The van der Waals surface area contributed by atoms with Crippen LogP contribution in [0.3, 0.4) is 0 Å². The van der Waals surface area contributed by atoms with Gasteiger partial charge in [0.05, 0.1) is 11.3 Å². The van der Waals surface area contributed by atoms with Crippen molar-refractivity contribution >= 4 is 45.2 Å². The molecule has 13 nitrogen and oxygen atoms in total. The van der Waals surface area contributed by atoms with Crippen LogP contribution in [0.25, 0.3) is 39.0 Å². The maximum absolute atomic E-state index is 14.4. The van der Waals surface area contributed by atoms with Crippen molar-refractivity contribution in [3.63, 3.8) is 0 Å². The average Bonchev–Trinajstić information content (AvgIpc) is 3.63. The zero-order chi connectivity index (χ0) is 39.6. The summed E-state index contributed by atoms with van der Waals surface area (Å²) in [5, 5.41) is 17.9. The highest BCUT2D eigenvalue weighted by atomic mass is 19.1. The molecule has 3 aromatic carbocycles. The lowest BCUT2D eigenvalue weighted by atomic mass is 9.98. The summed E-state index contributed by atoms with van der Waals surface area (Å²) in [7, 11) is 1.65. The molecule has 9 rings (SSSR count). The molecule has 0 bridgehead atoms. The van der Waals surface area contributed by atoms with E-state index in [-0.39, 0.29) is 17.5 Å². The monoisotopic (exact) mass is 766 g/mol. The first-order valence-electron chi connectivity index (χ1n) is 19.2. The van der Waals surface area contributed by atoms with E-state index in [1.54, 1.807) is 43.8 Å². The number of benzene rings is 3. The molecule has 1 fully saturated rings. The summed E-state index contributed by atoms with van der Waals surface area (Å²) in [5.41, 5.74) is 6.65. The van der Waals surface area contributed by atoms with Crippen LogP contribution in [0.1, 0.15) is 54.0 Å². The molecule has 14 heteroatoms. The Hall–Kier alpha value is -6.38. The number of carbonyl (C=O) groups excluding carboxylic acids is 1. The number of fused-ring (bicyclic) bond motifs is 1.